The van der Waals surface area contributed by atoms with E-state index in [1.54, 1.807) is 0 Å². The summed E-state index contributed by atoms with van der Waals surface area (Å²) in [6.45, 7) is 0. The van der Waals surface area contributed by atoms with E-state index < -0.39 is 58.4 Å². The molecule has 0 aromatic heterocycles. The highest BCUT2D eigenvalue weighted by Gasteiger charge is 2.69. The molecule has 2 spiro atoms. The highest BCUT2D eigenvalue weighted by Crippen LogP contribution is 2.60. The lowest BCUT2D eigenvalue weighted by atomic mass is 9.71. The second-order valence-electron chi connectivity index (χ2n) is 28.5. The van der Waals surface area contributed by atoms with Crippen molar-refractivity contribution in [2.24, 2.45) is 0 Å². The Hall–Kier alpha value is -10.7. The number of benzene rings is 16. The van der Waals surface area contributed by atoms with Crippen LogP contribution in [0.2, 0.25) is 0 Å². The maximum Gasteiger partial charge on any atom is 0.170 e. The molecule has 0 bridgehead atoms. The van der Waals surface area contributed by atoms with Crippen LogP contribution in [0.25, 0.3) is 86.2 Å². The fourth-order valence-electron chi connectivity index (χ4n) is 17.3. The van der Waals surface area contributed by atoms with Crippen LogP contribution >= 0.6 is 0 Å². The van der Waals surface area contributed by atoms with Gasteiger partial charge < -0.3 is 39.4 Å². The molecule has 4 N–H and O–H groups in total. The van der Waals surface area contributed by atoms with Crippen molar-refractivity contribution < 1.29 is 39.4 Å². The lowest BCUT2D eigenvalue weighted by Gasteiger charge is -2.43. The maximum atomic E-state index is 15.0. The van der Waals surface area contributed by atoms with E-state index in [1.807, 2.05) is 243 Å². The molecule has 8 heteroatoms. The van der Waals surface area contributed by atoms with Crippen LogP contribution in [0.5, 0.6) is 0 Å². The van der Waals surface area contributed by atoms with E-state index in [4.69, 9.17) is 18.9 Å². The smallest absolute Gasteiger partial charge is 0.170 e. The van der Waals surface area contributed by atoms with Crippen LogP contribution in [0.1, 0.15) is 70.2 Å². The summed E-state index contributed by atoms with van der Waals surface area (Å²) >= 11 is 0. The minimum atomic E-state index is -2.03. The van der Waals surface area contributed by atoms with Gasteiger partial charge in [-0.05, 0) is 179 Å². The minimum absolute atomic E-state index is 0.116. The SMILES string of the molecule is OC(c1ccc2ccccc2c1)(c1ccc2ccccc2c1)[C@@H]1OC2(CCC3(CC2)O[C@@H](C(O)(c2ccc4ccccc4c2)c2ccc4ccccc4c2)[C@H](C(O)(c2ccc4ccccc4c2)c2ccc4ccccc4c2)O3)O[C@H]1C(O)(c1ccc2ccccc2c1)c1ccc2ccccc2c1. The fourth-order valence-corrected chi connectivity index (χ4v) is 17.3. The van der Waals surface area contributed by atoms with Crippen molar-refractivity contribution in [3.05, 3.63) is 384 Å². The zero-order chi connectivity index (χ0) is 68.4. The van der Waals surface area contributed by atoms with Crippen molar-refractivity contribution in [1.29, 1.82) is 0 Å². The predicted octanol–water partition coefficient (Wildman–Crippen LogP) is 19.5. The third-order valence-corrected chi connectivity index (χ3v) is 22.9. The first kappa shape index (κ1) is 62.3. The Labute approximate surface area is 590 Å². The van der Waals surface area contributed by atoms with Gasteiger partial charge in [0.1, 0.15) is 46.8 Å². The van der Waals surface area contributed by atoms with Gasteiger partial charge in [-0.2, -0.15) is 0 Å². The van der Waals surface area contributed by atoms with Crippen molar-refractivity contribution in [2.75, 3.05) is 0 Å². The molecule has 16 aromatic rings. The Kier molecular flexibility index (Phi) is 14.6. The number of hydrogen-bond donors (Lipinski definition) is 4. The van der Waals surface area contributed by atoms with Crippen LogP contribution in [0, 0.1) is 0 Å². The van der Waals surface area contributed by atoms with Crippen LogP contribution in [0.15, 0.2) is 340 Å². The van der Waals surface area contributed by atoms with Crippen LogP contribution in [0.3, 0.4) is 0 Å². The molecule has 1 aliphatic carbocycles. The molecule has 3 aliphatic rings. The van der Waals surface area contributed by atoms with Gasteiger partial charge in [0.15, 0.2) is 11.6 Å². The highest BCUT2D eigenvalue weighted by molar-refractivity contribution is 5.90. The number of fused-ring (bicyclic) bond motifs is 8. The standard InChI is InChI=1S/C94H72O8/c95-91(77-41-33-61-17-1-9-25-69(61)53-77,78-42-34-62-18-2-10-26-70(62)54-78)85-86(92(96,79-43-35-63-19-3-11-27-71(63)55-79)80-44-36-64-20-4-12-28-72(64)56-80)100-89(99-85)49-51-90(52-50-89)101-87(93(97,81-45-37-65-21-5-13-29-73(65)57-81)82-46-38-66-22-6-14-30-74(66)58-82)88(102-90)94(98,83-47-39-67-23-7-15-31-75(67)59-83)84-48-40-68-24-8-16-32-76(68)60-84/h1-48,53-60,85-88,95-98H,49-52H2/t85-,86-,87-,88-/m1/s1. The molecule has 8 nitrogen and oxygen atoms in total. The van der Waals surface area contributed by atoms with Gasteiger partial charge in [0.05, 0.1) is 0 Å². The molecular formula is C94H72O8. The average Bonchev–Trinajstić information content (AvgIpc) is 1.49. The largest absolute Gasteiger partial charge is 0.378 e. The zero-order valence-electron chi connectivity index (χ0n) is 55.9. The van der Waals surface area contributed by atoms with Crippen molar-refractivity contribution in [3.8, 4) is 0 Å². The molecule has 16 aromatic carbocycles. The van der Waals surface area contributed by atoms with Crippen molar-refractivity contribution >= 4 is 86.2 Å². The molecule has 102 heavy (non-hydrogen) atoms. The molecule has 2 heterocycles. The molecule has 4 atom stereocenters. The van der Waals surface area contributed by atoms with Gasteiger partial charge in [0, 0.05) is 25.7 Å². The molecule has 0 amide bonds. The normalized spacial score (nSPS) is 18.6. The minimum Gasteiger partial charge on any atom is -0.378 e. The molecular weight excluding hydrogens is 1260 g/mol. The molecule has 496 valence electrons. The Balaban J connectivity index is 0.814. The molecule has 0 unspecified atom stereocenters. The van der Waals surface area contributed by atoms with Crippen molar-refractivity contribution in [1.82, 2.24) is 0 Å². The van der Waals surface area contributed by atoms with Gasteiger partial charge in [-0.3, -0.25) is 0 Å². The van der Waals surface area contributed by atoms with E-state index in [1.165, 1.54) is 0 Å². The molecule has 3 fully saturated rings. The first-order valence-corrected chi connectivity index (χ1v) is 35.4. The monoisotopic (exact) mass is 1330 g/mol. The van der Waals surface area contributed by atoms with Gasteiger partial charge in [0.25, 0.3) is 0 Å². The Bertz CT molecular complexity index is 4930. The van der Waals surface area contributed by atoms with E-state index in [9.17, 15) is 20.4 Å². The number of rotatable bonds is 12. The highest BCUT2D eigenvalue weighted by atomic mass is 16.8. The molecule has 0 radical (unpaired) electrons. The van der Waals surface area contributed by atoms with Gasteiger partial charge in [-0.1, -0.05) is 291 Å². The Morgan fingerprint density at radius 1 is 0.186 bits per heavy atom. The second kappa shape index (κ2) is 24.0. The Morgan fingerprint density at radius 3 is 0.451 bits per heavy atom. The molecule has 1 saturated carbocycles. The number of ether oxygens (including phenoxy) is 4. The summed E-state index contributed by atoms with van der Waals surface area (Å²) in [5.74, 6) is -3.07. The molecule has 19 rings (SSSR count). The van der Waals surface area contributed by atoms with E-state index in [0.29, 0.717) is 44.5 Å². The van der Waals surface area contributed by atoms with Gasteiger partial charge >= 0.3 is 0 Å². The zero-order valence-corrected chi connectivity index (χ0v) is 55.9. The quantitative estimate of drug-likeness (QED) is 0.0956. The van der Waals surface area contributed by atoms with E-state index in [2.05, 4.69) is 97.1 Å². The summed E-state index contributed by atoms with van der Waals surface area (Å²) in [6.07, 6.45) is -4.87. The van der Waals surface area contributed by atoms with Crippen LogP contribution in [-0.4, -0.2) is 56.4 Å². The number of hydrogen-bond acceptors (Lipinski definition) is 8. The fraction of sp³-hybridized carbons (Fsp3) is 0.149. The summed E-state index contributed by atoms with van der Waals surface area (Å²) in [6, 6.07) is 113. The summed E-state index contributed by atoms with van der Waals surface area (Å²) in [5.41, 5.74) is -3.69. The second-order valence-corrected chi connectivity index (χ2v) is 28.5. The third kappa shape index (κ3) is 10.0. The summed E-state index contributed by atoms with van der Waals surface area (Å²) in [4.78, 5) is 0. The first-order chi connectivity index (χ1) is 49.9. The lowest BCUT2D eigenvalue weighted by molar-refractivity contribution is -0.278. The molecule has 2 aliphatic heterocycles. The molecule has 2 saturated heterocycles. The average molecular weight is 1330 g/mol. The maximum absolute atomic E-state index is 15.0. The first-order valence-electron chi connectivity index (χ1n) is 35.4. The van der Waals surface area contributed by atoms with Gasteiger partial charge in [-0.25, -0.2) is 0 Å². The van der Waals surface area contributed by atoms with Crippen LogP contribution in [0.4, 0.5) is 0 Å². The van der Waals surface area contributed by atoms with E-state index in [-0.39, 0.29) is 25.7 Å². The number of aliphatic hydroxyl groups is 4. The van der Waals surface area contributed by atoms with Crippen molar-refractivity contribution in [2.45, 2.75) is 84.1 Å². The summed E-state index contributed by atoms with van der Waals surface area (Å²) in [7, 11) is 0. The van der Waals surface area contributed by atoms with Gasteiger partial charge in [0.2, 0.25) is 0 Å². The van der Waals surface area contributed by atoms with Crippen molar-refractivity contribution in [3.63, 3.8) is 0 Å². The van der Waals surface area contributed by atoms with Gasteiger partial charge in [-0.15, -0.1) is 0 Å². The Morgan fingerprint density at radius 2 is 0.314 bits per heavy atom. The van der Waals surface area contributed by atoms with Crippen LogP contribution in [-0.2, 0) is 41.4 Å². The van der Waals surface area contributed by atoms with Crippen LogP contribution < -0.4 is 0 Å². The van der Waals surface area contributed by atoms with E-state index in [0.717, 1.165) is 86.2 Å². The third-order valence-electron chi connectivity index (χ3n) is 22.9. The van der Waals surface area contributed by atoms with E-state index >= 15 is 0 Å². The topological polar surface area (TPSA) is 118 Å². The summed E-state index contributed by atoms with van der Waals surface area (Å²) < 4.78 is 31.8. The predicted molar refractivity (Wildman–Crippen MR) is 407 cm³/mol. The summed E-state index contributed by atoms with van der Waals surface area (Å²) in [5, 5.41) is 75.2. The lowest BCUT2D eigenvalue weighted by Crippen LogP contribution is -2.55.